The Balaban J connectivity index is 1.91. The van der Waals surface area contributed by atoms with Gasteiger partial charge in [-0.1, -0.05) is 12.8 Å². The molecule has 0 radical (unpaired) electrons. The number of urea groups is 1. The number of nitrogens with zero attached hydrogens (tertiary/aromatic N) is 1. The van der Waals surface area contributed by atoms with E-state index in [9.17, 15) is 14.7 Å². The molecule has 1 aromatic heterocycles. The number of hydrogen-bond donors (Lipinski definition) is 2. The molecule has 1 aliphatic carbocycles. The monoisotopic (exact) mass is 374 g/mol. The van der Waals surface area contributed by atoms with Crippen LogP contribution in [0, 0.1) is 5.92 Å². The summed E-state index contributed by atoms with van der Waals surface area (Å²) in [5.41, 5.74) is 1.06. The number of carboxylic acids is 1. The van der Waals surface area contributed by atoms with Gasteiger partial charge in [-0.05, 0) is 45.8 Å². The van der Waals surface area contributed by atoms with Crippen molar-refractivity contribution in [3.05, 3.63) is 20.8 Å². The van der Waals surface area contributed by atoms with E-state index in [1.165, 1.54) is 0 Å². The number of thiophene rings is 1. The molecule has 5 nitrogen and oxygen atoms in total. The van der Waals surface area contributed by atoms with Crippen molar-refractivity contribution >= 4 is 39.3 Å². The van der Waals surface area contributed by atoms with Gasteiger partial charge in [0.25, 0.3) is 0 Å². The summed E-state index contributed by atoms with van der Waals surface area (Å²) >= 11 is 4.98. The molecule has 2 N–H and O–H groups in total. The molecule has 116 valence electrons. The maximum absolute atomic E-state index is 12.2. The molecule has 1 fully saturated rings. The lowest BCUT2D eigenvalue weighted by molar-refractivity contribution is -0.143. The van der Waals surface area contributed by atoms with Gasteiger partial charge in [0, 0.05) is 19.6 Å². The van der Waals surface area contributed by atoms with Crippen LogP contribution in [0.1, 0.15) is 31.2 Å². The largest absolute Gasteiger partial charge is 0.481 e. The van der Waals surface area contributed by atoms with Crippen LogP contribution in [0.4, 0.5) is 4.79 Å². The maximum atomic E-state index is 12.2. The molecule has 0 aromatic carbocycles. The fourth-order valence-electron chi connectivity index (χ4n) is 2.64. The van der Waals surface area contributed by atoms with Crippen LogP contribution < -0.4 is 5.32 Å². The number of amides is 2. The molecule has 1 heterocycles. The summed E-state index contributed by atoms with van der Waals surface area (Å²) in [6.07, 6.45) is 3.26. The number of carboxylic acid groups (broad SMARTS) is 1. The van der Waals surface area contributed by atoms with E-state index in [1.807, 2.05) is 11.4 Å². The summed E-state index contributed by atoms with van der Waals surface area (Å²) in [6.45, 7) is 0.512. The first-order valence-electron chi connectivity index (χ1n) is 6.94. The molecule has 0 saturated heterocycles. The van der Waals surface area contributed by atoms with Crippen LogP contribution >= 0.6 is 27.3 Å². The summed E-state index contributed by atoms with van der Waals surface area (Å²) in [6, 6.07) is 1.51. The Morgan fingerprint density at radius 2 is 2.19 bits per heavy atom. The summed E-state index contributed by atoms with van der Waals surface area (Å²) in [5, 5.41) is 14.1. The number of aliphatic carboxylic acids is 1. The zero-order valence-electron chi connectivity index (χ0n) is 11.8. The van der Waals surface area contributed by atoms with Crippen LogP contribution in [0.2, 0.25) is 0 Å². The van der Waals surface area contributed by atoms with E-state index in [0.717, 1.165) is 28.6 Å². The second-order valence-electron chi connectivity index (χ2n) is 5.40. The number of hydrogen-bond acceptors (Lipinski definition) is 3. The first kappa shape index (κ1) is 16.3. The standard InChI is InChI=1S/C14H19BrN2O3S/c1-17(7-9-6-12(15)21-8-9)14(20)16-11-5-3-2-4-10(11)13(18)19/h6,8,10-11H,2-5,7H2,1H3,(H,16,20)(H,18,19). The van der Waals surface area contributed by atoms with Gasteiger partial charge in [-0.3, -0.25) is 4.79 Å². The summed E-state index contributed by atoms with van der Waals surface area (Å²) in [4.78, 5) is 25.0. The molecule has 2 unspecified atom stereocenters. The van der Waals surface area contributed by atoms with Crippen molar-refractivity contribution in [1.82, 2.24) is 10.2 Å². The Kier molecular flexibility index (Phi) is 5.64. The molecule has 2 rings (SSSR count). The van der Waals surface area contributed by atoms with Crippen molar-refractivity contribution in [3.8, 4) is 0 Å². The van der Waals surface area contributed by atoms with Gasteiger partial charge in [0.15, 0.2) is 0 Å². The second-order valence-corrected chi connectivity index (χ2v) is 7.69. The minimum absolute atomic E-state index is 0.213. The average Bonchev–Trinajstić information content (AvgIpc) is 2.84. The van der Waals surface area contributed by atoms with E-state index in [0.29, 0.717) is 13.0 Å². The molecule has 2 atom stereocenters. The molecule has 1 saturated carbocycles. The third-order valence-electron chi connectivity index (χ3n) is 3.78. The van der Waals surface area contributed by atoms with E-state index in [1.54, 1.807) is 23.3 Å². The van der Waals surface area contributed by atoms with Gasteiger partial charge in [0.05, 0.1) is 9.70 Å². The van der Waals surface area contributed by atoms with Gasteiger partial charge in [-0.2, -0.15) is 0 Å². The fraction of sp³-hybridized carbons (Fsp3) is 0.571. The summed E-state index contributed by atoms with van der Waals surface area (Å²) in [5.74, 6) is -1.28. The molecule has 0 aliphatic heterocycles. The van der Waals surface area contributed by atoms with Gasteiger partial charge >= 0.3 is 12.0 Å². The number of carbonyl (C=O) groups excluding carboxylic acids is 1. The minimum Gasteiger partial charge on any atom is -0.481 e. The Bertz CT molecular complexity index is 520. The third kappa shape index (κ3) is 4.44. The van der Waals surface area contributed by atoms with Gasteiger partial charge in [0.1, 0.15) is 0 Å². The topological polar surface area (TPSA) is 69.6 Å². The average molecular weight is 375 g/mol. The molecule has 21 heavy (non-hydrogen) atoms. The van der Waals surface area contributed by atoms with Crippen molar-refractivity contribution in [2.75, 3.05) is 7.05 Å². The maximum Gasteiger partial charge on any atom is 0.317 e. The lowest BCUT2D eigenvalue weighted by Crippen LogP contribution is -2.49. The van der Waals surface area contributed by atoms with Gasteiger partial charge < -0.3 is 15.3 Å². The van der Waals surface area contributed by atoms with Crippen LogP contribution in [0.15, 0.2) is 15.2 Å². The summed E-state index contributed by atoms with van der Waals surface area (Å²) < 4.78 is 1.03. The second kappa shape index (κ2) is 7.26. The van der Waals surface area contributed by atoms with Crippen molar-refractivity contribution < 1.29 is 14.7 Å². The Morgan fingerprint density at radius 1 is 1.48 bits per heavy atom. The normalized spacial score (nSPS) is 21.8. The molecule has 7 heteroatoms. The van der Waals surface area contributed by atoms with E-state index in [2.05, 4.69) is 21.2 Å². The smallest absolute Gasteiger partial charge is 0.317 e. The lowest BCUT2D eigenvalue weighted by Gasteiger charge is -2.31. The van der Waals surface area contributed by atoms with E-state index in [-0.39, 0.29) is 12.1 Å². The highest BCUT2D eigenvalue weighted by Crippen LogP contribution is 2.25. The van der Waals surface area contributed by atoms with Crippen LogP contribution in [0.25, 0.3) is 0 Å². The predicted octanol–water partition coefficient (Wildman–Crippen LogP) is 3.30. The van der Waals surface area contributed by atoms with Crippen LogP contribution in [0.5, 0.6) is 0 Å². The highest BCUT2D eigenvalue weighted by molar-refractivity contribution is 9.11. The molecular formula is C14H19BrN2O3S. The van der Waals surface area contributed by atoms with Crippen LogP contribution in [0.3, 0.4) is 0 Å². The number of rotatable bonds is 4. The highest BCUT2D eigenvalue weighted by atomic mass is 79.9. The number of halogens is 1. The number of carbonyl (C=O) groups is 2. The molecular weight excluding hydrogens is 356 g/mol. The van der Waals surface area contributed by atoms with Crippen molar-refractivity contribution in [1.29, 1.82) is 0 Å². The predicted molar refractivity (Wildman–Crippen MR) is 85.4 cm³/mol. The minimum atomic E-state index is -0.815. The Hall–Kier alpha value is -1.08. The summed E-state index contributed by atoms with van der Waals surface area (Å²) in [7, 11) is 1.72. The first-order valence-corrected chi connectivity index (χ1v) is 8.62. The Morgan fingerprint density at radius 3 is 2.81 bits per heavy atom. The van der Waals surface area contributed by atoms with E-state index < -0.39 is 11.9 Å². The SMILES string of the molecule is CN(Cc1csc(Br)c1)C(=O)NC1CCCCC1C(=O)O. The molecule has 1 aliphatic rings. The zero-order valence-corrected chi connectivity index (χ0v) is 14.2. The lowest BCUT2D eigenvalue weighted by atomic mass is 9.84. The fourth-order valence-corrected chi connectivity index (χ4v) is 3.84. The van der Waals surface area contributed by atoms with Gasteiger partial charge in [-0.15, -0.1) is 11.3 Å². The van der Waals surface area contributed by atoms with E-state index >= 15 is 0 Å². The van der Waals surface area contributed by atoms with Crippen LogP contribution in [-0.2, 0) is 11.3 Å². The Labute approximate surface area is 136 Å². The van der Waals surface area contributed by atoms with Gasteiger partial charge in [0.2, 0.25) is 0 Å². The van der Waals surface area contributed by atoms with Crippen molar-refractivity contribution in [2.45, 2.75) is 38.3 Å². The molecule has 0 bridgehead atoms. The quantitative estimate of drug-likeness (QED) is 0.849. The van der Waals surface area contributed by atoms with Crippen molar-refractivity contribution in [2.24, 2.45) is 5.92 Å². The molecule has 1 aromatic rings. The van der Waals surface area contributed by atoms with Crippen molar-refractivity contribution in [3.63, 3.8) is 0 Å². The zero-order chi connectivity index (χ0) is 15.4. The highest BCUT2D eigenvalue weighted by Gasteiger charge is 2.32. The third-order valence-corrected chi connectivity index (χ3v) is 5.33. The van der Waals surface area contributed by atoms with Crippen LogP contribution in [-0.4, -0.2) is 35.1 Å². The molecule has 0 spiro atoms. The number of nitrogens with one attached hydrogen (secondary N) is 1. The van der Waals surface area contributed by atoms with Gasteiger partial charge in [-0.25, -0.2) is 4.79 Å². The first-order chi connectivity index (χ1) is 9.97. The molecule has 2 amide bonds. The van der Waals surface area contributed by atoms with E-state index in [4.69, 9.17) is 0 Å².